The van der Waals surface area contributed by atoms with E-state index in [0.29, 0.717) is 6.61 Å². The topological polar surface area (TPSA) is 45.1 Å². The quantitative estimate of drug-likeness (QED) is 0.371. The molecule has 0 unspecified atom stereocenters. The minimum atomic E-state index is 0.469. The smallest absolute Gasteiger partial charge is 0.0824 e. The molecule has 37 valence electrons. The molecule has 0 aliphatic carbocycles. The fourth-order valence-corrected chi connectivity index (χ4v) is 0.153. The highest BCUT2D eigenvalue weighted by atomic mass is 16.6. The lowest BCUT2D eigenvalue weighted by molar-refractivity contribution is 0.121. The summed E-state index contributed by atoms with van der Waals surface area (Å²) in [6, 6.07) is 0. The van der Waals surface area contributed by atoms with E-state index in [1.807, 2.05) is 7.05 Å². The van der Waals surface area contributed by atoms with E-state index in [0.717, 1.165) is 6.54 Å². The third kappa shape index (κ3) is 3.88. The van der Waals surface area contributed by atoms with Gasteiger partial charge < -0.3 is 5.32 Å². The van der Waals surface area contributed by atoms with Crippen LogP contribution in [0.25, 0.3) is 0 Å². The molecule has 0 saturated heterocycles. The van der Waals surface area contributed by atoms with E-state index in [9.17, 15) is 0 Å². The van der Waals surface area contributed by atoms with Crippen molar-refractivity contribution in [2.45, 2.75) is 0 Å². The lowest BCUT2D eigenvalue weighted by atomic mass is 10.7. The molecule has 0 aromatic carbocycles. The van der Waals surface area contributed by atoms with Gasteiger partial charge in [0.25, 0.3) is 0 Å². The van der Waals surface area contributed by atoms with Crippen LogP contribution < -0.4 is 11.2 Å². The maximum absolute atomic E-state index is 6.17. The highest BCUT2D eigenvalue weighted by molar-refractivity contribution is 4.29. The van der Waals surface area contributed by atoms with Crippen LogP contribution in [0.5, 0.6) is 0 Å². The number of hydrogen-bond acceptors (Lipinski definition) is 2. The van der Waals surface area contributed by atoms with Crippen LogP contribution in [0.1, 0.15) is 0 Å². The lowest BCUT2D eigenvalue weighted by Gasteiger charge is -1.90. The Bertz CT molecular complexity index is 20.8. The number of rotatable bonds is 3. The summed E-state index contributed by atoms with van der Waals surface area (Å²) >= 11 is 0. The third-order valence-electron chi connectivity index (χ3n) is 0.454. The first-order valence-electron chi connectivity index (χ1n) is 1.85. The summed E-state index contributed by atoms with van der Waals surface area (Å²) in [5.74, 6) is 6.17. The molecule has 0 aromatic rings. The molecular weight excluding hydrogens is 80.0 g/mol. The van der Waals surface area contributed by atoms with Crippen LogP contribution in [0.4, 0.5) is 0 Å². The van der Waals surface area contributed by atoms with Gasteiger partial charge in [0.15, 0.2) is 0 Å². The van der Waals surface area contributed by atoms with Gasteiger partial charge in [0.05, 0.1) is 6.61 Å². The second-order valence-corrected chi connectivity index (χ2v) is 0.952. The predicted octanol–water partition coefficient (Wildman–Crippen LogP) is -0.580. The Balaban J connectivity index is 2.34. The summed E-state index contributed by atoms with van der Waals surface area (Å²) < 4.78 is 0. The van der Waals surface area contributed by atoms with E-state index in [1.54, 1.807) is 0 Å². The summed E-state index contributed by atoms with van der Waals surface area (Å²) in [5.41, 5.74) is 0. The van der Waals surface area contributed by atoms with E-state index >= 15 is 0 Å². The van der Waals surface area contributed by atoms with E-state index in [4.69, 9.17) is 5.90 Å². The monoisotopic (exact) mass is 89.1 g/mol. The molecule has 0 fully saturated rings. The van der Waals surface area contributed by atoms with Crippen LogP contribution in [-0.2, 0) is 4.84 Å². The highest BCUT2D eigenvalue weighted by Crippen LogP contribution is 1.55. The van der Waals surface area contributed by atoms with Crippen molar-refractivity contribution in [3.8, 4) is 0 Å². The molecule has 0 spiro atoms. The van der Waals surface area contributed by atoms with Crippen molar-refractivity contribution in [3.63, 3.8) is 0 Å². The zero-order valence-corrected chi connectivity index (χ0v) is 3.82. The summed E-state index contributed by atoms with van der Waals surface area (Å²) in [6.45, 7) is 1.22. The molecule has 0 atom stereocenters. The minimum absolute atomic E-state index is 0.469. The van der Waals surface area contributed by atoms with E-state index in [-0.39, 0.29) is 0 Å². The molecule has 3 nitrogen and oxygen atoms in total. The van der Waals surface area contributed by atoms with Gasteiger partial charge in [0.2, 0.25) is 0 Å². The Hall–Kier alpha value is -0.120. The van der Waals surface area contributed by atoms with Gasteiger partial charge in [-0.15, -0.1) is 5.90 Å². The van der Waals surface area contributed by atoms with Crippen molar-refractivity contribution in [3.05, 3.63) is 0 Å². The first-order valence-corrected chi connectivity index (χ1v) is 1.85. The fraction of sp³-hybridized carbons (Fsp3) is 1.00. The zero-order valence-electron chi connectivity index (χ0n) is 3.82. The fourth-order valence-electron chi connectivity index (χ4n) is 0.153. The molecular formula is C3H9N2O. The van der Waals surface area contributed by atoms with E-state index < -0.39 is 0 Å². The average Bonchev–Trinajstić information content (AvgIpc) is 1.61. The summed E-state index contributed by atoms with van der Waals surface area (Å²) in [4.78, 5) is 3.97. The van der Waals surface area contributed by atoms with Crippen molar-refractivity contribution in [1.82, 2.24) is 11.2 Å². The Morgan fingerprint density at radius 2 is 2.50 bits per heavy atom. The Morgan fingerprint density at radius 1 is 1.83 bits per heavy atom. The largest absolute Gasteiger partial charge is 0.317 e. The predicted molar refractivity (Wildman–Crippen MR) is 23.0 cm³/mol. The lowest BCUT2D eigenvalue weighted by Crippen LogP contribution is -2.13. The van der Waals surface area contributed by atoms with Crippen LogP contribution in [0.2, 0.25) is 0 Å². The van der Waals surface area contributed by atoms with Gasteiger partial charge in [-0.3, -0.25) is 4.84 Å². The van der Waals surface area contributed by atoms with Gasteiger partial charge in [0.1, 0.15) is 0 Å². The first kappa shape index (κ1) is 5.88. The number of nitrogens with one attached hydrogen (secondary N) is 2. The molecule has 0 aromatic heterocycles. The van der Waals surface area contributed by atoms with E-state index in [1.165, 1.54) is 0 Å². The van der Waals surface area contributed by atoms with Crippen LogP contribution in [0.3, 0.4) is 0 Å². The maximum atomic E-state index is 6.17. The Labute approximate surface area is 37.4 Å². The standard InChI is InChI=1S/C3H9N2O/c1-5-2-3-6-4/h4-5H,2-3H2,1H3. The first-order chi connectivity index (χ1) is 2.91. The highest BCUT2D eigenvalue weighted by Gasteiger charge is 1.73. The van der Waals surface area contributed by atoms with Crippen molar-refractivity contribution in [1.29, 1.82) is 0 Å². The van der Waals surface area contributed by atoms with E-state index in [2.05, 4.69) is 10.2 Å². The van der Waals surface area contributed by atoms with Crippen molar-refractivity contribution >= 4 is 0 Å². The Morgan fingerprint density at radius 3 is 2.67 bits per heavy atom. The molecule has 0 amide bonds. The van der Waals surface area contributed by atoms with Gasteiger partial charge in [-0.05, 0) is 7.05 Å². The third-order valence-corrected chi connectivity index (χ3v) is 0.454. The van der Waals surface area contributed by atoms with Crippen LogP contribution in [0.15, 0.2) is 0 Å². The second-order valence-electron chi connectivity index (χ2n) is 0.952. The van der Waals surface area contributed by atoms with Crippen LogP contribution in [-0.4, -0.2) is 20.2 Å². The van der Waals surface area contributed by atoms with Crippen LogP contribution >= 0.6 is 0 Å². The normalized spacial score (nSPS) is 9.00. The summed E-state index contributed by atoms with van der Waals surface area (Å²) in [6.07, 6.45) is 0. The molecule has 6 heavy (non-hydrogen) atoms. The van der Waals surface area contributed by atoms with Crippen LogP contribution in [0, 0.1) is 0 Å². The van der Waals surface area contributed by atoms with Gasteiger partial charge in [-0.2, -0.15) is 0 Å². The van der Waals surface area contributed by atoms with Gasteiger partial charge in [-0.25, -0.2) is 0 Å². The van der Waals surface area contributed by atoms with Gasteiger partial charge in [-0.1, -0.05) is 0 Å². The van der Waals surface area contributed by atoms with Crippen molar-refractivity contribution < 1.29 is 4.84 Å². The molecule has 3 heteroatoms. The zero-order chi connectivity index (χ0) is 4.83. The SMILES string of the molecule is CNCCO[NH]. The molecule has 0 bridgehead atoms. The molecule has 0 rings (SSSR count). The van der Waals surface area contributed by atoms with Gasteiger partial charge in [0, 0.05) is 6.54 Å². The number of hydrogen-bond donors (Lipinski definition) is 1. The summed E-state index contributed by atoms with van der Waals surface area (Å²) in [7, 11) is 1.82. The molecule has 0 saturated carbocycles. The molecule has 0 heterocycles. The Kier molecular flexibility index (Phi) is 4.78. The van der Waals surface area contributed by atoms with Gasteiger partial charge >= 0.3 is 0 Å². The molecule has 2 N–H and O–H groups in total. The average molecular weight is 89.1 g/mol. The van der Waals surface area contributed by atoms with Crippen molar-refractivity contribution in [2.24, 2.45) is 0 Å². The molecule has 0 aliphatic heterocycles. The second kappa shape index (κ2) is 4.88. The maximum Gasteiger partial charge on any atom is 0.0824 e. The minimum Gasteiger partial charge on any atom is -0.317 e. The van der Waals surface area contributed by atoms with Crippen molar-refractivity contribution in [2.75, 3.05) is 20.2 Å². The molecule has 1 radical (unpaired) electrons. The number of likely N-dealkylation sites (N-methyl/N-ethyl adjacent to an activating group) is 1. The summed E-state index contributed by atoms with van der Waals surface area (Å²) in [5, 5.41) is 2.82. The molecule has 0 aliphatic rings.